The summed E-state index contributed by atoms with van der Waals surface area (Å²) in [5, 5.41) is 0. The number of benzene rings is 1. The molecule has 0 fully saturated rings. The van der Waals surface area contributed by atoms with Crippen LogP contribution in [0.15, 0.2) is 47.6 Å². The van der Waals surface area contributed by atoms with Crippen LogP contribution in [0, 0.1) is 0 Å². The molecule has 90 valence electrons. The Morgan fingerprint density at radius 1 is 0.941 bits per heavy atom. The third kappa shape index (κ3) is 2.69. The molecule has 1 aliphatic carbocycles. The lowest BCUT2D eigenvalue weighted by Gasteiger charge is -2.11. The number of hydrogen-bond donors (Lipinski definition) is 0. The van der Waals surface area contributed by atoms with Gasteiger partial charge < -0.3 is 0 Å². The van der Waals surface area contributed by atoms with Crippen molar-refractivity contribution in [1.29, 1.82) is 0 Å². The van der Waals surface area contributed by atoms with E-state index in [-0.39, 0.29) is 0 Å². The lowest BCUT2D eigenvalue weighted by atomic mass is 9.93. The number of rotatable bonds is 5. The van der Waals surface area contributed by atoms with E-state index >= 15 is 0 Å². The van der Waals surface area contributed by atoms with Gasteiger partial charge in [0.1, 0.15) is 0 Å². The molecule has 0 saturated carbocycles. The molecule has 1 aromatic rings. The Hall–Kier alpha value is -1.30. The van der Waals surface area contributed by atoms with E-state index in [2.05, 4.69) is 50.3 Å². The molecule has 0 heterocycles. The lowest BCUT2D eigenvalue weighted by Crippen LogP contribution is -1.90. The molecule has 1 aromatic carbocycles. The predicted octanol–water partition coefficient (Wildman–Crippen LogP) is 5.37. The topological polar surface area (TPSA) is 0 Å². The van der Waals surface area contributed by atoms with Crippen LogP contribution in [-0.2, 0) is 0 Å². The third-order valence-corrected chi connectivity index (χ3v) is 3.40. The summed E-state index contributed by atoms with van der Waals surface area (Å²) in [6.45, 7) is 4.54. The molecule has 0 unspecified atom stereocenters. The van der Waals surface area contributed by atoms with Crippen LogP contribution in [0.4, 0.5) is 0 Å². The second kappa shape index (κ2) is 5.86. The molecule has 0 spiro atoms. The van der Waals surface area contributed by atoms with Crippen LogP contribution in [0.5, 0.6) is 0 Å². The molecule has 0 radical (unpaired) electrons. The normalized spacial score (nSPS) is 15.3. The van der Waals surface area contributed by atoms with E-state index in [0.717, 1.165) is 0 Å². The first kappa shape index (κ1) is 12.2. The van der Waals surface area contributed by atoms with Gasteiger partial charge >= 0.3 is 0 Å². The molecule has 1 aliphatic rings. The fourth-order valence-electron chi connectivity index (χ4n) is 2.70. The SMILES string of the molecule is CCCC1=CCC(CCC)=C1c1ccccc1. The second-order valence-corrected chi connectivity index (χ2v) is 4.78. The van der Waals surface area contributed by atoms with Crippen molar-refractivity contribution in [2.45, 2.75) is 46.0 Å². The Morgan fingerprint density at radius 2 is 1.65 bits per heavy atom. The summed E-state index contributed by atoms with van der Waals surface area (Å²) in [6.07, 6.45) is 8.57. The van der Waals surface area contributed by atoms with E-state index in [4.69, 9.17) is 0 Å². The van der Waals surface area contributed by atoms with Gasteiger partial charge in [0, 0.05) is 0 Å². The fraction of sp³-hybridized carbons (Fsp3) is 0.412. The van der Waals surface area contributed by atoms with Crippen LogP contribution in [0.3, 0.4) is 0 Å². The van der Waals surface area contributed by atoms with Gasteiger partial charge in [-0.15, -0.1) is 0 Å². The van der Waals surface area contributed by atoms with E-state index < -0.39 is 0 Å². The highest BCUT2D eigenvalue weighted by Crippen LogP contribution is 2.38. The quantitative estimate of drug-likeness (QED) is 0.633. The highest BCUT2D eigenvalue weighted by Gasteiger charge is 2.17. The average Bonchev–Trinajstić information content (AvgIpc) is 2.74. The maximum absolute atomic E-state index is 2.44. The fourth-order valence-corrected chi connectivity index (χ4v) is 2.70. The van der Waals surface area contributed by atoms with Gasteiger partial charge in [-0.1, -0.05) is 68.7 Å². The van der Waals surface area contributed by atoms with E-state index in [9.17, 15) is 0 Å². The largest absolute Gasteiger partial charge is 0.0766 e. The first-order chi connectivity index (χ1) is 8.36. The van der Waals surface area contributed by atoms with Crippen LogP contribution in [0.25, 0.3) is 5.57 Å². The van der Waals surface area contributed by atoms with Crippen molar-refractivity contribution in [2.75, 3.05) is 0 Å². The van der Waals surface area contributed by atoms with Crippen molar-refractivity contribution in [3.63, 3.8) is 0 Å². The predicted molar refractivity (Wildman–Crippen MR) is 75.9 cm³/mol. The summed E-state index contributed by atoms with van der Waals surface area (Å²) < 4.78 is 0. The maximum Gasteiger partial charge on any atom is -0.0123 e. The van der Waals surface area contributed by atoms with Gasteiger partial charge in [0.25, 0.3) is 0 Å². The molecule has 0 atom stereocenters. The molecule has 2 rings (SSSR count). The van der Waals surface area contributed by atoms with Gasteiger partial charge in [0.05, 0.1) is 0 Å². The Kier molecular flexibility index (Phi) is 4.19. The standard InChI is InChI=1S/C17H22/c1-3-8-14-12-13-15(9-4-2)17(14)16-10-6-5-7-11-16/h5-7,10-12H,3-4,8-9,13H2,1-2H3. The van der Waals surface area contributed by atoms with Crippen LogP contribution < -0.4 is 0 Å². The Morgan fingerprint density at radius 3 is 2.29 bits per heavy atom. The Bertz CT molecular complexity index is 421. The second-order valence-electron chi connectivity index (χ2n) is 4.78. The van der Waals surface area contributed by atoms with Crippen LogP contribution in [0.1, 0.15) is 51.5 Å². The van der Waals surface area contributed by atoms with Gasteiger partial charge in [0.2, 0.25) is 0 Å². The minimum Gasteiger partial charge on any atom is -0.0766 e. The molecule has 0 nitrogen and oxygen atoms in total. The van der Waals surface area contributed by atoms with E-state index in [1.807, 2.05) is 0 Å². The molecule has 0 heteroatoms. The molecule has 0 aromatic heterocycles. The first-order valence-electron chi connectivity index (χ1n) is 6.83. The molecule has 0 saturated heterocycles. The van der Waals surface area contributed by atoms with Crippen molar-refractivity contribution in [1.82, 2.24) is 0 Å². The summed E-state index contributed by atoms with van der Waals surface area (Å²) in [4.78, 5) is 0. The van der Waals surface area contributed by atoms with Gasteiger partial charge in [-0.3, -0.25) is 0 Å². The van der Waals surface area contributed by atoms with E-state index in [1.165, 1.54) is 37.7 Å². The number of allylic oxidation sites excluding steroid dienone is 4. The smallest absolute Gasteiger partial charge is 0.0123 e. The van der Waals surface area contributed by atoms with Crippen molar-refractivity contribution < 1.29 is 0 Å². The first-order valence-corrected chi connectivity index (χ1v) is 6.83. The molecule has 0 amide bonds. The summed E-state index contributed by atoms with van der Waals surface area (Å²) in [7, 11) is 0. The van der Waals surface area contributed by atoms with Gasteiger partial charge in [-0.2, -0.15) is 0 Å². The lowest BCUT2D eigenvalue weighted by molar-refractivity contribution is 0.889. The van der Waals surface area contributed by atoms with Crippen molar-refractivity contribution in [3.05, 3.63) is 53.1 Å². The van der Waals surface area contributed by atoms with Crippen LogP contribution in [0.2, 0.25) is 0 Å². The van der Waals surface area contributed by atoms with Crippen molar-refractivity contribution in [3.8, 4) is 0 Å². The highest BCUT2D eigenvalue weighted by atomic mass is 14.2. The van der Waals surface area contributed by atoms with Gasteiger partial charge in [-0.25, -0.2) is 0 Å². The number of hydrogen-bond acceptors (Lipinski definition) is 0. The van der Waals surface area contributed by atoms with Gasteiger partial charge in [-0.05, 0) is 36.0 Å². The molecular formula is C17H22. The van der Waals surface area contributed by atoms with E-state index in [1.54, 1.807) is 16.7 Å². The average molecular weight is 226 g/mol. The van der Waals surface area contributed by atoms with Crippen LogP contribution in [-0.4, -0.2) is 0 Å². The van der Waals surface area contributed by atoms with Crippen molar-refractivity contribution in [2.24, 2.45) is 0 Å². The zero-order valence-electron chi connectivity index (χ0n) is 11.0. The minimum atomic E-state index is 1.17. The molecular weight excluding hydrogens is 204 g/mol. The molecule has 17 heavy (non-hydrogen) atoms. The summed E-state index contributed by atoms with van der Waals surface area (Å²) in [6, 6.07) is 10.9. The van der Waals surface area contributed by atoms with Crippen LogP contribution >= 0.6 is 0 Å². The Balaban J connectivity index is 2.35. The molecule has 0 N–H and O–H groups in total. The highest BCUT2D eigenvalue weighted by molar-refractivity contribution is 5.84. The van der Waals surface area contributed by atoms with E-state index in [0.29, 0.717) is 0 Å². The monoisotopic (exact) mass is 226 g/mol. The van der Waals surface area contributed by atoms with Gasteiger partial charge in [0.15, 0.2) is 0 Å². The Labute approximate surface area is 105 Å². The minimum absolute atomic E-state index is 1.17. The summed E-state index contributed by atoms with van der Waals surface area (Å²) >= 11 is 0. The zero-order chi connectivity index (χ0) is 12.1. The zero-order valence-corrected chi connectivity index (χ0v) is 11.0. The summed E-state index contributed by atoms with van der Waals surface area (Å²) in [5.41, 5.74) is 6.17. The van der Waals surface area contributed by atoms with Crippen molar-refractivity contribution >= 4 is 5.57 Å². The summed E-state index contributed by atoms with van der Waals surface area (Å²) in [5.74, 6) is 0. The third-order valence-electron chi connectivity index (χ3n) is 3.40. The molecule has 0 aliphatic heterocycles. The maximum atomic E-state index is 2.44. The molecule has 0 bridgehead atoms.